The van der Waals surface area contributed by atoms with Gasteiger partial charge in [0.15, 0.2) is 0 Å². The third kappa shape index (κ3) is 4.92. The number of carbonyl (C=O) groups is 1. The molecule has 0 saturated carbocycles. The molecule has 0 unspecified atom stereocenters. The second-order valence-electron chi connectivity index (χ2n) is 6.14. The smallest absolute Gasteiger partial charge is 0.255 e. The van der Waals surface area contributed by atoms with E-state index < -0.39 is 15.8 Å². The van der Waals surface area contributed by atoms with Gasteiger partial charge in [0, 0.05) is 11.8 Å². The molecule has 8 heteroatoms. The van der Waals surface area contributed by atoms with Gasteiger partial charge in [0.1, 0.15) is 5.82 Å². The quantitative estimate of drug-likeness (QED) is 0.689. The van der Waals surface area contributed by atoms with Crippen molar-refractivity contribution in [2.45, 2.75) is 6.54 Å². The van der Waals surface area contributed by atoms with Gasteiger partial charge in [-0.2, -0.15) is 0 Å². The zero-order valence-corrected chi connectivity index (χ0v) is 15.9. The molecule has 144 valence electrons. The number of nitrogens with one attached hydrogen (secondary N) is 1. The second-order valence-corrected chi connectivity index (χ2v) is 8.05. The van der Waals surface area contributed by atoms with Crippen LogP contribution in [0, 0.1) is 5.82 Å². The van der Waals surface area contributed by atoms with E-state index in [2.05, 4.69) is 10.3 Å². The minimum absolute atomic E-state index is 0.0559. The van der Waals surface area contributed by atoms with E-state index >= 15 is 0 Å². The highest BCUT2D eigenvalue weighted by Gasteiger charge is 2.18. The van der Waals surface area contributed by atoms with Crippen LogP contribution in [0.5, 0.6) is 0 Å². The molecule has 28 heavy (non-hydrogen) atoms. The SMILES string of the molecule is CS(=O)(=O)N(Cc1ccc(F)cc1)c1ccc(C(=O)Nc2cccnc2)cc1. The molecule has 0 aliphatic heterocycles. The molecule has 0 saturated heterocycles. The lowest BCUT2D eigenvalue weighted by atomic mass is 10.1. The molecule has 3 rings (SSSR count). The van der Waals surface area contributed by atoms with Crippen LogP contribution in [-0.2, 0) is 16.6 Å². The van der Waals surface area contributed by atoms with Gasteiger partial charge in [-0.25, -0.2) is 12.8 Å². The van der Waals surface area contributed by atoms with Crippen molar-refractivity contribution in [3.05, 3.63) is 90.0 Å². The molecule has 0 fully saturated rings. The maximum atomic E-state index is 13.1. The molecule has 1 aromatic heterocycles. The van der Waals surface area contributed by atoms with Crippen LogP contribution in [0.2, 0.25) is 0 Å². The third-order valence-corrected chi connectivity index (χ3v) is 5.12. The average molecular weight is 399 g/mol. The Hall–Kier alpha value is -3.26. The first-order valence-corrected chi connectivity index (χ1v) is 10.2. The fourth-order valence-corrected chi connectivity index (χ4v) is 3.46. The first-order chi connectivity index (χ1) is 13.3. The van der Waals surface area contributed by atoms with Crippen molar-refractivity contribution in [2.24, 2.45) is 0 Å². The summed E-state index contributed by atoms with van der Waals surface area (Å²) >= 11 is 0. The van der Waals surface area contributed by atoms with Crippen molar-refractivity contribution in [3.63, 3.8) is 0 Å². The fraction of sp³-hybridized carbons (Fsp3) is 0.100. The lowest BCUT2D eigenvalue weighted by Crippen LogP contribution is -2.29. The number of benzene rings is 2. The van der Waals surface area contributed by atoms with E-state index in [4.69, 9.17) is 0 Å². The number of hydrogen-bond donors (Lipinski definition) is 1. The van der Waals surface area contributed by atoms with Crippen LogP contribution in [0.1, 0.15) is 15.9 Å². The van der Waals surface area contributed by atoms with Crippen molar-refractivity contribution in [1.82, 2.24) is 4.98 Å². The van der Waals surface area contributed by atoms with Gasteiger partial charge in [-0.15, -0.1) is 0 Å². The monoisotopic (exact) mass is 399 g/mol. The molecule has 2 aromatic carbocycles. The van der Waals surface area contributed by atoms with Gasteiger partial charge < -0.3 is 5.32 Å². The number of hydrogen-bond acceptors (Lipinski definition) is 4. The number of rotatable bonds is 6. The van der Waals surface area contributed by atoms with Crippen LogP contribution in [0.4, 0.5) is 15.8 Å². The van der Waals surface area contributed by atoms with Crippen molar-refractivity contribution in [3.8, 4) is 0 Å². The van der Waals surface area contributed by atoms with E-state index in [9.17, 15) is 17.6 Å². The number of aromatic nitrogens is 1. The van der Waals surface area contributed by atoms with Crippen molar-refractivity contribution in [1.29, 1.82) is 0 Å². The average Bonchev–Trinajstić information content (AvgIpc) is 2.67. The molecule has 0 spiro atoms. The summed E-state index contributed by atoms with van der Waals surface area (Å²) in [6, 6.07) is 15.3. The van der Waals surface area contributed by atoms with Gasteiger partial charge in [0.05, 0.1) is 30.4 Å². The molecule has 0 aliphatic rings. The van der Waals surface area contributed by atoms with Gasteiger partial charge in [-0.1, -0.05) is 12.1 Å². The van der Waals surface area contributed by atoms with E-state index in [1.165, 1.54) is 34.8 Å². The van der Waals surface area contributed by atoms with Crippen LogP contribution in [0.25, 0.3) is 0 Å². The Morgan fingerprint density at radius 3 is 2.32 bits per heavy atom. The largest absolute Gasteiger partial charge is 0.321 e. The molecule has 0 bridgehead atoms. The number of nitrogens with zero attached hydrogens (tertiary/aromatic N) is 2. The normalized spacial score (nSPS) is 11.1. The number of carbonyl (C=O) groups excluding carboxylic acids is 1. The second kappa shape index (κ2) is 8.18. The third-order valence-electron chi connectivity index (χ3n) is 3.98. The Balaban J connectivity index is 1.80. The highest BCUT2D eigenvalue weighted by atomic mass is 32.2. The van der Waals surface area contributed by atoms with Gasteiger partial charge in [-0.3, -0.25) is 14.1 Å². The van der Waals surface area contributed by atoms with E-state index in [0.29, 0.717) is 22.5 Å². The van der Waals surface area contributed by atoms with Crippen molar-refractivity contribution < 1.29 is 17.6 Å². The zero-order chi connectivity index (χ0) is 20.1. The van der Waals surface area contributed by atoms with Crippen molar-refractivity contribution in [2.75, 3.05) is 15.9 Å². The molecular weight excluding hydrogens is 381 g/mol. The predicted molar refractivity (Wildman–Crippen MR) is 106 cm³/mol. The number of pyridine rings is 1. The van der Waals surface area contributed by atoms with E-state index in [0.717, 1.165) is 6.26 Å². The Morgan fingerprint density at radius 1 is 1.07 bits per heavy atom. The maximum absolute atomic E-state index is 13.1. The number of amides is 1. The highest BCUT2D eigenvalue weighted by Crippen LogP contribution is 2.22. The van der Waals surface area contributed by atoms with Gasteiger partial charge in [0.25, 0.3) is 5.91 Å². The zero-order valence-electron chi connectivity index (χ0n) is 15.0. The van der Waals surface area contributed by atoms with Crippen LogP contribution in [0.3, 0.4) is 0 Å². The van der Waals surface area contributed by atoms with Gasteiger partial charge in [0.2, 0.25) is 10.0 Å². The minimum atomic E-state index is -3.58. The number of anilines is 2. The molecule has 1 amide bonds. The van der Waals surface area contributed by atoms with E-state index in [1.807, 2.05) is 0 Å². The van der Waals surface area contributed by atoms with Crippen LogP contribution < -0.4 is 9.62 Å². The van der Waals surface area contributed by atoms with Gasteiger partial charge in [-0.05, 0) is 54.1 Å². The molecule has 1 N–H and O–H groups in total. The van der Waals surface area contributed by atoms with E-state index in [-0.39, 0.29) is 12.5 Å². The van der Waals surface area contributed by atoms with E-state index in [1.54, 1.807) is 42.6 Å². The lowest BCUT2D eigenvalue weighted by Gasteiger charge is -2.22. The molecule has 6 nitrogen and oxygen atoms in total. The Labute approximate surface area is 162 Å². The minimum Gasteiger partial charge on any atom is -0.321 e. The lowest BCUT2D eigenvalue weighted by molar-refractivity contribution is 0.102. The summed E-state index contributed by atoms with van der Waals surface area (Å²) in [5, 5.41) is 2.71. The predicted octanol–water partition coefficient (Wildman–Crippen LogP) is 3.44. The van der Waals surface area contributed by atoms with Gasteiger partial charge >= 0.3 is 0 Å². The van der Waals surface area contributed by atoms with Crippen LogP contribution in [-0.4, -0.2) is 25.6 Å². The molecule has 0 radical (unpaired) electrons. The first kappa shape index (κ1) is 19.5. The summed E-state index contributed by atoms with van der Waals surface area (Å²) in [6.45, 7) is 0.0559. The van der Waals surface area contributed by atoms with Crippen LogP contribution in [0.15, 0.2) is 73.1 Å². The standard InChI is InChI=1S/C20H18FN3O3S/c1-28(26,27)24(14-15-4-8-17(21)9-5-15)19-10-6-16(7-11-19)20(25)23-18-3-2-12-22-13-18/h2-13H,14H2,1H3,(H,23,25). The summed E-state index contributed by atoms with van der Waals surface area (Å²) in [6.07, 6.45) is 4.23. The highest BCUT2D eigenvalue weighted by molar-refractivity contribution is 7.92. The Morgan fingerprint density at radius 2 is 1.75 bits per heavy atom. The van der Waals surface area contributed by atoms with Crippen LogP contribution >= 0.6 is 0 Å². The molecule has 0 aliphatic carbocycles. The Bertz CT molecular complexity index is 1050. The number of sulfonamides is 1. The maximum Gasteiger partial charge on any atom is 0.255 e. The molecule has 3 aromatic rings. The Kier molecular flexibility index (Phi) is 5.70. The topological polar surface area (TPSA) is 79.4 Å². The summed E-state index contributed by atoms with van der Waals surface area (Å²) in [4.78, 5) is 16.2. The van der Waals surface area contributed by atoms with Crippen molar-refractivity contribution >= 4 is 27.3 Å². The molecular formula is C20H18FN3O3S. The summed E-state index contributed by atoms with van der Waals surface area (Å²) in [5.74, 6) is -0.720. The number of halogens is 1. The summed E-state index contributed by atoms with van der Waals surface area (Å²) < 4.78 is 38.7. The molecule has 0 atom stereocenters. The fourth-order valence-electron chi connectivity index (χ4n) is 2.57. The summed E-state index contributed by atoms with van der Waals surface area (Å²) in [5.41, 5.74) is 1.99. The summed E-state index contributed by atoms with van der Waals surface area (Å²) in [7, 11) is -3.58. The molecule has 1 heterocycles. The first-order valence-electron chi connectivity index (χ1n) is 8.36.